The number of ether oxygens (including phenoxy) is 5. The molecule has 1 saturated heterocycles. The number of piperidine rings is 1. The number of rotatable bonds is 17. The fourth-order valence-corrected chi connectivity index (χ4v) is 5.66. The summed E-state index contributed by atoms with van der Waals surface area (Å²) < 4.78 is 28.7. The molecule has 0 bridgehead atoms. The van der Waals surface area contributed by atoms with Crippen LogP contribution in [0.1, 0.15) is 48.8 Å². The molecule has 0 aliphatic carbocycles. The Morgan fingerprint density at radius 2 is 1.74 bits per heavy atom. The molecule has 3 aromatic carbocycles. The molecule has 2 unspecified atom stereocenters. The Morgan fingerprint density at radius 1 is 0.935 bits per heavy atom. The van der Waals surface area contributed by atoms with Crippen molar-refractivity contribution in [3.63, 3.8) is 0 Å². The van der Waals surface area contributed by atoms with Crippen molar-refractivity contribution in [1.29, 1.82) is 0 Å². The van der Waals surface area contributed by atoms with Gasteiger partial charge in [-0.25, -0.2) is 4.79 Å². The van der Waals surface area contributed by atoms with Crippen molar-refractivity contribution in [2.75, 3.05) is 58.6 Å². The molecule has 1 fully saturated rings. The van der Waals surface area contributed by atoms with Gasteiger partial charge >= 0.3 is 6.09 Å². The lowest BCUT2D eigenvalue weighted by Crippen LogP contribution is -2.46. The highest BCUT2D eigenvalue weighted by molar-refractivity contribution is 5.91. The van der Waals surface area contributed by atoms with E-state index in [9.17, 15) is 14.7 Å². The number of nitrogens with zero attached hydrogens (tertiary/aromatic N) is 2. The molecule has 0 aromatic heterocycles. The molecule has 1 aliphatic rings. The Balaban J connectivity index is 1.31. The fourth-order valence-electron chi connectivity index (χ4n) is 5.66. The molecule has 1 N–H and O–H groups in total. The summed E-state index contributed by atoms with van der Waals surface area (Å²) in [6.07, 6.45) is 0.857. The largest absolute Gasteiger partial charge is 0.496 e. The van der Waals surface area contributed by atoms with Crippen LogP contribution in [0.25, 0.3) is 0 Å². The van der Waals surface area contributed by atoms with Gasteiger partial charge in [-0.15, -0.1) is 0 Å². The summed E-state index contributed by atoms with van der Waals surface area (Å²) in [5.74, 6) is 1.58. The number of carbonyl (C=O) groups excluding carboxylic acids is 1. The van der Waals surface area contributed by atoms with E-state index in [0.29, 0.717) is 52.5 Å². The molecule has 10 nitrogen and oxygen atoms in total. The first kappa shape index (κ1) is 34.7. The van der Waals surface area contributed by atoms with Crippen LogP contribution in [0.3, 0.4) is 0 Å². The van der Waals surface area contributed by atoms with Gasteiger partial charge in [0.2, 0.25) is 5.91 Å². The number of benzene rings is 3. The van der Waals surface area contributed by atoms with Crippen molar-refractivity contribution in [3.8, 4) is 11.5 Å². The van der Waals surface area contributed by atoms with Crippen molar-refractivity contribution in [2.45, 2.75) is 51.4 Å². The predicted octanol–water partition coefficient (Wildman–Crippen LogP) is 6.12. The van der Waals surface area contributed by atoms with Crippen LogP contribution in [0.5, 0.6) is 11.5 Å². The van der Waals surface area contributed by atoms with E-state index in [0.717, 1.165) is 46.7 Å². The van der Waals surface area contributed by atoms with E-state index >= 15 is 0 Å². The van der Waals surface area contributed by atoms with E-state index < -0.39 is 6.09 Å². The lowest BCUT2D eigenvalue weighted by molar-refractivity contribution is -0.116. The SMILES string of the molecule is COCCCN(C(C)=O)c1cccc(COC2CN(C(=O)O)CCC2c2ccc(OCCCOCc3ccccc3OC)cc2)c1. The van der Waals surface area contributed by atoms with Crippen molar-refractivity contribution < 1.29 is 38.4 Å². The minimum atomic E-state index is -0.946. The maximum Gasteiger partial charge on any atom is 0.407 e. The van der Waals surface area contributed by atoms with Crippen LogP contribution in [0.4, 0.5) is 10.5 Å². The Labute approximate surface area is 271 Å². The molecule has 2 atom stereocenters. The van der Waals surface area contributed by atoms with Crippen molar-refractivity contribution in [2.24, 2.45) is 0 Å². The van der Waals surface area contributed by atoms with E-state index in [4.69, 9.17) is 23.7 Å². The van der Waals surface area contributed by atoms with Crippen molar-refractivity contribution in [1.82, 2.24) is 4.90 Å². The monoisotopic (exact) mass is 634 g/mol. The van der Waals surface area contributed by atoms with E-state index in [-0.39, 0.29) is 24.5 Å². The number of amides is 2. The quantitative estimate of drug-likeness (QED) is 0.177. The van der Waals surface area contributed by atoms with Gasteiger partial charge in [-0.3, -0.25) is 4.79 Å². The highest BCUT2D eigenvalue weighted by Gasteiger charge is 2.33. The third-order valence-electron chi connectivity index (χ3n) is 8.09. The zero-order valence-corrected chi connectivity index (χ0v) is 27.1. The normalized spacial score (nSPS) is 16.2. The number of hydrogen-bond donors (Lipinski definition) is 1. The molecule has 1 aliphatic heterocycles. The number of carboxylic acid groups (broad SMARTS) is 1. The van der Waals surface area contributed by atoms with Crippen molar-refractivity contribution >= 4 is 17.7 Å². The third-order valence-corrected chi connectivity index (χ3v) is 8.09. The lowest BCUT2D eigenvalue weighted by atomic mass is 9.87. The molecular formula is C36H46N2O8. The first-order valence-corrected chi connectivity index (χ1v) is 15.8. The summed E-state index contributed by atoms with van der Waals surface area (Å²) in [7, 11) is 3.30. The summed E-state index contributed by atoms with van der Waals surface area (Å²) >= 11 is 0. The van der Waals surface area contributed by atoms with Crippen LogP contribution < -0.4 is 14.4 Å². The van der Waals surface area contributed by atoms with Gasteiger partial charge in [-0.2, -0.15) is 0 Å². The number of methoxy groups -OCH3 is 2. The van der Waals surface area contributed by atoms with Gasteiger partial charge < -0.3 is 38.6 Å². The summed E-state index contributed by atoms with van der Waals surface area (Å²) in [5, 5.41) is 9.68. The van der Waals surface area contributed by atoms with E-state index in [1.54, 1.807) is 26.0 Å². The van der Waals surface area contributed by atoms with Crippen LogP contribution in [0.15, 0.2) is 72.8 Å². The van der Waals surface area contributed by atoms with Gasteiger partial charge in [0.05, 0.1) is 46.2 Å². The first-order valence-electron chi connectivity index (χ1n) is 15.8. The standard InChI is InChI=1S/C36H46N2O8/c1-27(39)38(18-7-20-42-2)31-11-6-9-28(23-31)25-46-35-24-37(36(40)41)19-17-33(35)29-13-15-32(16-14-29)45-22-8-21-44-26-30-10-4-5-12-34(30)43-3/h4-6,9-16,23,33,35H,7-8,17-22,24-26H2,1-3H3,(H,40,41). The summed E-state index contributed by atoms with van der Waals surface area (Å²) in [6.45, 7) is 5.29. The molecule has 3 aromatic rings. The Bertz CT molecular complexity index is 1380. The topological polar surface area (TPSA) is 107 Å². The molecular weight excluding hydrogens is 588 g/mol. The zero-order chi connectivity index (χ0) is 32.7. The van der Waals surface area contributed by atoms with Crippen LogP contribution in [0.2, 0.25) is 0 Å². The number of carbonyl (C=O) groups is 2. The van der Waals surface area contributed by atoms with Crippen LogP contribution in [-0.4, -0.2) is 81.8 Å². The van der Waals surface area contributed by atoms with Gasteiger partial charge in [-0.1, -0.05) is 42.5 Å². The minimum Gasteiger partial charge on any atom is -0.496 e. The summed E-state index contributed by atoms with van der Waals surface area (Å²) in [6, 6.07) is 23.5. The van der Waals surface area contributed by atoms with Gasteiger partial charge in [0.25, 0.3) is 0 Å². The summed E-state index contributed by atoms with van der Waals surface area (Å²) in [4.78, 5) is 27.3. The fraction of sp³-hybridized carbons (Fsp3) is 0.444. The number of anilines is 1. The molecule has 1 heterocycles. The van der Waals surface area contributed by atoms with E-state index in [2.05, 4.69) is 0 Å². The smallest absolute Gasteiger partial charge is 0.407 e. The molecule has 0 radical (unpaired) electrons. The molecule has 2 amide bonds. The second-order valence-electron chi connectivity index (χ2n) is 11.3. The Kier molecular flexibility index (Phi) is 13.7. The number of likely N-dealkylation sites (tertiary alicyclic amines) is 1. The lowest BCUT2D eigenvalue weighted by Gasteiger charge is -2.37. The third kappa shape index (κ3) is 10.2. The highest BCUT2D eigenvalue weighted by Crippen LogP contribution is 2.32. The summed E-state index contributed by atoms with van der Waals surface area (Å²) in [5.41, 5.74) is 3.81. The molecule has 248 valence electrons. The number of para-hydroxylation sites is 1. The second-order valence-corrected chi connectivity index (χ2v) is 11.3. The minimum absolute atomic E-state index is 0.0268. The molecule has 10 heteroatoms. The van der Waals surface area contributed by atoms with Crippen LogP contribution in [0, 0.1) is 0 Å². The maximum absolute atomic E-state index is 12.3. The molecule has 46 heavy (non-hydrogen) atoms. The van der Waals surface area contributed by atoms with E-state index in [1.165, 1.54) is 4.90 Å². The maximum atomic E-state index is 12.3. The Morgan fingerprint density at radius 3 is 2.48 bits per heavy atom. The van der Waals surface area contributed by atoms with Crippen molar-refractivity contribution in [3.05, 3.63) is 89.5 Å². The van der Waals surface area contributed by atoms with Gasteiger partial charge in [-0.05, 0) is 54.3 Å². The van der Waals surface area contributed by atoms with Gasteiger partial charge in [0.15, 0.2) is 0 Å². The van der Waals surface area contributed by atoms with Crippen LogP contribution in [-0.2, 0) is 32.2 Å². The molecule has 0 saturated carbocycles. The van der Waals surface area contributed by atoms with Gasteiger partial charge in [0.1, 0.15) is 11.5 Å². The Hall–Kier alpha value is -4.12. The highest BCUT2D eigenvalue weighted by atomic mass is 16.5. The van der Waals surface area contributed by atoms with E-state index in [1.807, 2.05) is 72.8 Å². The van der Waals surface area contributed by atoms with Gasteiger partial charge in [0, 0.05) is 57.3 Å². The average molecular weight is 635 g/mol. The van der Waals surface area contributed by atoms with Crippen LogP contribution >= 0.6 is 0 Å². The number of hydrogen-bond acceptors (Lipinski definition) is 7. The molecule has 4 rings (SSSR count). The zero-order valence-electron chi connectivity index (χ0n) is 27.1. The first-order chi connectivity index (χ1) is 22.4. The molecule has 0 spiro atoms. The average Bonchev–Trinajstić information content (AvgIpc) is 3.07. The predicted molar refractivity (Wildman–Crippen MR) is 176 cm³/mol. The second kappa shape index (κ2) is 18.1.